The van der Waals surface area contributed by atoms with E-state index in [1.165, 1.54) is 12.1 Å². The molecule has 1 atom stereocenters. The van der Waals surface area contributed by atoms with Crippen LogP contribution in [0.5, 0.6) is 0 Å². The maximum Gasteiger partial charge on any atom is 0.183 e. The van der Waals surface area contributed by atoms with Crippen LogP contribution in [-0.2, 0) is 0 Å². The number of hydrogen-bond acceptors (Lipinski definition) is 3. The molecule has 110 valence electrons. The fourth-order valence-electron chi connectivity index (χ4n) is 2.16. The molecule has 1 aromatic carbocycles. The summed E-state index contributed by atoms with van der Waals surface area (Å²) in [5, 5.41) is 11.7. The molecular formula is C15H21F2N3. The minimum absolute atomic E-state index is 0.0202. The fraction of sp³-hybridized carbons (Fsp3) is 0.533. The lowest BCUT2D eigenvalue weighted by Gasteiger charge is -2.25. The van der Waals surface area contributed by atoms with Crippen molar-refractivity contribution < 1.29 is 8.78 Å². The Kier molecular flexibility index (Phi) is 5.90. The van der Waals surface area contributed by atoms with Crippen LogP contribution in [0.2, 0.25) is 0 Å². The van der Waals surface area contributed by atoms with E-state index in [0.717, 1.165) is 13.0 Å². The van der Waals surface area contributed by atoms with Crippen molar-refractivity contribution in [1.29, 1.82) is 5.26 Å². The topological polar surface area (TPSA) is 39.1 Å². The summed E-state index contributed by atoms with van der Waals surface area (Å²) in [5.41, 5.74) is -0.171. The van der Waals surface area contributed by atoms with Gasteiger partial charge in [0.2, 0.25) is 0 Å². The lowest BCUT2D eigenvalue weighted by Crippen LogP contribution is -2.33. The molecule has 0 spiro atoms. The van der Waals surface area contributed by atoms with Crippen molar-refractivity contribution in [2.45, 2.75) is 26.3 Å². The first-order chi connectivity index (χ1) is 9.35. The summed E-state index contributed by atoms with van der Waals surface area (Å²) in [4.78, 5) is 2.00. The number of halogens is 2. The van der Waals surface area contributed by atoms with E-state index in [1.807, 2.05) is 19.0 Å². The largest absolute Gasteiger partial charge is 0.379 e. The van der Waals surface area contributed by atoms with E-state index >= 15 is 0 Å². The van der Waals surface area contributed by atoms with Gasteiger partial charge in [0.1, 0.15) is 6.07 Å². The second-order valence-electron chi connectivity index (χ2n) is 5.63. The smallest absolute Gasteiger partial charge is 0.183 e. The van der Waals surface area contributed by atoms with E-state index in [1.54, 1.807) is 6.07 Å². The molecule has 1 N–H and O–H groups in total. The van der Waals surface area contributed by atoms with E-state index in [0.29, 0.717) is 5.92 Å². The number of nitrogens with one attached hydrogen (secondary N) is 1. The van der Waals surface area contributed by atoms with Gasteiger partial charge in [-0.05, 0) is 38.6 Å². The molecule has 1 aromatic rings. The third-order valence-corrected chi connectivity index (χ3v) is 2.90. The summed E-state index contributed by atoms with van der Waals surface area (Å²) in [6, 6.07) is 4.36. The zero-order chi connectivity index (χ0) is 15.3. The van der Waals surface area contributed by atoms with Crippen molar-refractivity contribution in [2.75, 3.05) is 26.0 Å². The molecule has 0 aliphatic carbocycles. The van der Waals surface area contributed by atoms with Crippen LogP contribution in [0.15, 0.2) is 12.1 Å². The molecule has 0 heterocycles. The highest BCUT2D eigenvalue weighted by Gasteiger charge is 2.17. The minimum Gasteiger partial charge on any atom is -0.379 e. The van der Waals surface area contributed by atoms with Gasteiger partial charge in [0.25, 0.3) is 0 Å². The van der Waals surface area contributed by atoms with Crippen LogP contribution < -0.4 is 5.32 Å². The highest BCUT2D eigenvalue weighted by Crippen LogP contribution is 2.22. The third kappa shape index (κ3) is 4.46. The van der Waals surface area contributed by atoms with Gasteiger partial charge in [-0.25, -0.2) is 8.78 Å². The molecule has 0 bridgehead atoms. The number of nitriles is 1. The Morgan fingerprint density at radius 1 is 1.25 bits per heavy atom. The number of anilines is 1. The van der Waals surface area contributed by atoms with Gasteiger partial charge in [-0.2, -0.15) is 5.26 Å². The van der Waals surface area contributed by atoms with Crippen molar-refractivity contribution in [1.82, 2.24) is 4.90 Å². The Balaban J connectivity index is 2.94. The monoisotopic (exact) mass is 281 g/mol. The Bertz CT molecular complexity index is 483. The van der Waals surface area contributed by atoms with Gasteiger partial charge in [-0.15, -0.1) is 0 Å². The van der Waals surface area contributed by atoms with Crippen LogP contribution in [0.1, 0.15) is 25.8 Å². The molecular weight excluding hydrogens is 260 g/mol. The first-order valence-corrected chi connectivity index (χ1v) is 6.64. The second kappa shape index (κ2) is 7.20. The van der Waals surface area contributed by atoms with E-state index in [2.05, 4.69) is 19.2 Å². The van der Waals surface area contributed by atoms with E-state index in [4.69, 9.17) is 5.26 Å². The highest BCUT2D eigenvalue weighted by molar-refractivity contribution is 5.50. The molecule has 0 saturated carbocycles. The molecule has 1 rings (SSSR count). The second-order valence-corrected chi connectivity index (χ2v) is 5.63. The molecule has 0 aliphatic heterocycles. The van der Waals surface area contributed by atoms with Gasteiger partial charge >= 0.3 is 0 Å². The molecule has 0 saturated heterocycles. The number of rotatable bonds is 6. The van der Waals surface area contributed by atoms with Crippen LogP contribution >= 0.6 is 0 Å². The van der Waals surface area contributed by atoms with Crippen molar-refractivity contribution in [3.05, 3.63) is 29.3 Å². The van der Waals surface area contributed by atoms with E-state index in [9.17, 15) is 8.78 Å². The van der Waals surface area contributed by atoms with Crippen LogP contribution in [0, 0.1) is 28.9 Å². The van der Waals surface area contributed by atoms with Crippen molar-refractivity contribution in [2.24, 2.45) is 5.92 Å². The molecule has 0 aliphatic rings. The zero-order valence-electron chi connectivity index (χ0n) is 12.4. The van der Waals surface area contributed by atoms with E-state index in [-0.39, 0.29) is 17.3 Å². The fourth-order valence-corrected chi connectivity index (χ4v) is 2.16. The molecule has 0 radical (unpaired) electrons. The standard InChI is InChI=1S/C15H21F2N3/c1-10(2)7-12(9-20(3)4)19-13-6-5-11(8-18)14(16)15(13)17/h5-6,10,12,19H,7,9H2,1-4H3. The average molecular weight is 281 g/mol. The van der Waals surface area contributed by atoms with Gasteiger partial charge in [0.05, 0.1) is 11.3 Å². The summed E-state index contributed by atoms with van der Waals surface area (Å²) in [5.74, 6) is -1.64. The van der Waals surface area contributed by atoms with Crippen LogP contribution in [0.25, 0.3) is 0 Å². The predicted octanol–water partition coefficient (Wildman–Crippen LogP) is 3.22. The maximum absolute atomic E-state index is 13.9. The molecule has 3 nitrogen and oxygen atoms in total. The summed E-state index contributed by atoms with van der Waals surface area (Å²) in [6.07, 6.45) is 0.846. The number of likely N-dealkylation sites (N-methyl/N-ethyl adjacent to an activating group) is 1. The Morgan fingerprint density at radius 3 is 2.40 bits per heavy atom. The van der Waals surface area contributed by atoms with Crippen molar-refractivity contribution >= 4 is 5.69 Å². The third-order valence-electron chi connectivity index (χ3n) is 2.90. The number of benzene rings is 1. The van der Waals surface area contributed by atoms with Gasteiger partial charge in [0, 0.05) is 12.6 Å². The average Bonchev–Trinajstić information content (AvgIpc) is 2.33. The van der Waals surface area contributed by atoms with Crippen molar-refractivity contribution in [3.8, 4) is 6.07 Å². The molecule has 5 heteroatoms. The number of nitrogens with zero attached hydrogens (tertiary/aromatic N) is 2. The van der Waals surface area contributed by atoms with Gasteiger partial charge in [-0.1, -0.05) is 13.8 Å². The summed E-state index contributed by atoms with van der Waals surface area (Å²) in [6.45, 7) is 4.89. The highest BCUT2D eigenvalue weighted by atomic mass is 19.2. The normalized spacial score (nSPS) is 12.6. The summed E-state index contributed by atoms with van der Waals surface area (Å²) in [7, 11) is 3.87. The Labute approximate surface area is 119 Å². The molecule has 0 aromatic heterocycles. The van der Waals surface area contributed by atoms with Gasteiger partial charge in [0.15, 0.2) is 11.6 Å². The molecule has 20 heavy (non-hydrogen) atoms. The molecule has 0 fully saturated rings. The molecule has 1 unspecified atom stereocenters. The van der Waals surface area contributed by atoms with Crippen LogP contribution in [-0.4, -0.2) is 31.6 Å². The van der Waals surface area contributed by atoms with Gasteiger partial charge < -0.3 is 10.2 Å². The first-order valence-electron chi connectivity index (χ1n) is 6.64. The Hall–Kier alpha value is -1.67. The maximum atomic E-state index is 13.9. The predicted molar refractivity (Wildman–Crippen MR) is 76.5 cm³/mol. The molecule has 0 amide bonds. The number of hydrogen-bond donors (Lipinski definition) is 1. The van der Waals surface area contributed by atoms with Crippen molar-refractivity contribution in [3.63, 3.8) is 0 Å². The SMILES string of the molecule is CC(C)CC(CN(C)C)Nc1ccc(C#N)c(F)c1F. The lowest BCUT2D eigenvalue weighted by atomic mass is 10.0. The first kappa shape index (κ1) is 16.4. The van der Waals surface area contributed by atoms with E-state index < -0.39 is 11.6 Å². The zero-order valence-corrected chi connectivity index (χ0v) is 12.4. The van der Waals surface area contributed by atoms with Gasteiger partial charge in [-0.3, -0.25) is 0 Å². The minimum atomic E-state index is -1.09. The van der Waals surface area contributed by atoms with Crippen LogP contribution in [0.4, 0.5) is 14.5 Å². The Morgan fingerprint density at radius 2 is 1.90 bits per heavy atom. The quantitative estimate of drug-likeness (QED) is 0.870. The summed E-state index contributed by atoms with van der Waals surface area (Å²) < 4.78 is 27.5. The van der Waals surface area contributed by atoms with Crippen LogP contribution in [0.3, 0.4) is 0 Å². The lowest BCUT2D eigenvalue weighted by molar-refractivity contribution is 0.355. The summed E-state index contributed by atoms with van der Waals surface area (Å²) >= 11 is 0.